The summed E-state index contributed by atoms with van der Waals surface area (Å²) >= 11 is 0. The van der Waals surface area contributed by atoms with Crippen LogP contribution in [0, 0.1) is 0 Å². The number of para-hydroxylation sites is 1. The Hall–Kier alpha value is -2.38. The van der Waals surface area contributed by atoms with E-state index in [-0.39, 0.29) is 23.3 Å². The van der Waals surface area contributed by atoms with Crippen LogP contribution in [0.1, 0.15) is 30.4 Å². The largest absolute Gasteiger partial charge is 0.494 e. The van der Waals surface area contributed by atoms with Crippen molar-refractivity contribution >= 4 is 15.9 Å². The number of rotatable bonds is 7. The van der Waals surface area contributed by atoms with Crippen molar-refractivity contribution in [2.75, 3.05) is 13.2 Å². The summed E-state index contributed by atoms with van der Waals surface area (Å²) < 4.78 is 33.2. The Morgan fingerprint density at radius 1 is 1.15 bits per heavy atom. The van der Waals surface area contributed by atoms with Gasteiger partial charge in [0.1, 0.15) is 5.75 Å². The molecule has 1 fully saturated rings. The van der Waals surface area contributed by atoms with Crippen LogP contribution in [0.4, 0.5) is 0 Å². The molecule has 1 atom stereocenters. The summed E-state index contributed by atoms with van der Waals surface area (Å²) in [6.07, 6.45) is 0.443. The van der Waals surface area contributed by atoms with Crippen LogP contribution in [0.15, 0.2) is 53.4 Å². The predicted octanol–water partition coefficient (Wildman–Crippen LogP) is 2.17. The van der Waals surface area contributed by atoms with Crippen LogP contribution in [0.2, 0.25) is 0 Å². The molecule has 0 radical (unpaired) electrons. The topological polar surface area (TPSA) is 84.5 Å². The SMILES string of the molecule is CCOc1ccccc1CNS(=O)(=O)c1ccc([C@@H]2CNC(=O)C2)cc1. The minimum absolute atomic E-state index is 0.0290. The van der Waals surface area contributed by atoms with E-state index in [9.17, 15) is 13.2 Å². The second-order valence-corrected chi connectivity index (χ2v) is 7.91. The van der Waals surface area contributed by atoms with Gasteiger partial charge in [0.15, 0.2) is 0 Å². The summed E-state index contributed by atoms with van der Waals surface area (Å²) in [5, 5.41) is 2.79. The molecule has 2 aromatic rings. The molecule has 1 saturated heterocycles. The number of benzene rings is 2. The molecule has 0 aromatic heterocycles. The number of hydrogen-bond donors (Lipinski definition) is 2. The van der Waals surface area contributed by atoms with Gasteiger partial charge in [-0.2, -0.15) is 0 Å². The molecule has 1 aliphatic rings. The number of amides is 1. The third-order valence-electron chi connectivity index (χ3n) is 4.36. The quantitative estimate of drug-likeness (QED) is 0.778. The van der Waals surface area contributed by atoms with Gasteiger partial charge in [-0.25, -0.2) is 13.1 Å². The lowest BCUT2D eigenvalue weighted by Gasteiger charge is -2.12. The Kier molecular flexibility index (Phi) is 5.58. The van der Waals surface area contributed by atoms with E-state index in [4.69, 9.17) is 4.74 Å². The molecule has 2 N–H and O–H groups in total. The molecule has 0 spiro atoms. The van der Waals surface area contributed by atoms with E-state index in [0.29, 0.717) is 25.3 Å². The van der Waals surface area contributed by atoms with Gasteiger partial charge in [0.25, 0.3) is 0 Å². The van der Waals surface area contributed by atoms with E-state index in [1.54, 1.807) is 24.3 Å². The van der Waals surface area contributed by atoms with Crippen molar-refractivity contribution in [1.29, 1.82) is 0 Å². The average molecular weight is 374 g/mol. The molecular formula is C19H22N2O4S. The van der Waals surface area contributed by atoms with Crippen molar-refractivity contribution in [3.8, 4) is 5.75 Å². The smallest absolute Gasteiger partial charge is 0.240 e. The fraction of sp³-hybridized carbons (Fsp3) is 0.316. The van der Waals surface area contributed by atoms with Gasteiger partial charge in [-0.1, -0.05) is 30.3 Å². The summed E-state index contributed by atoms with van der Waals surface area (Å²) in [6.45, 7) is 3.15. The Balaban J connectivity index is 1.69. The van der Waals surface area contributed by atoms with Crippen molar-refractivity contribution in [2.45, 2.75) is 30.7 Å². The Morgan fingerprint density at radius 2 is 1.88 bits per heavy atom. The minimum atomic E-state index is -3.63. The standard InChI is InChI=1S/C19H22N2O4S/c1-2-25-18-6-4-3-5-15(18)13-21-26(23,24)17-9-7-14(8-10-17)16-11-19(22)20-12-16/h3-10,16,21H,2,11-13H2,1H3,(H,20,22)/t16-/m0/s1. The fourth-order valence-electron chi connectivity index (χ4n) is 2.96. The Labute approximate surface area is 153 Å². The number of carbonyl (C=O) groups is 1. The molecule has 1 aliphatic heterocycles. The van der Waals surface area contributed by atoms with Crippen LogP contribution in [0.25, 0.3) is 0 Å². The van der Waals surface area contributed by atoms with Crippen LogP contribution >= 0.6 is 0 Å². The maximum Gasteiger partial charge on any atom is 0.240 e. The average Bonchev–Trinajstić information content (AvgIpc) is 3.08. The van der Waals surface area contributed by atoms with Gasteiger partial charge in [0.05, 0.1) is 11.5 Å². The number of sulfonamides is 1. The third-order valence-corrected chi connectivity index (χ3v) is 5.78. The molecule has 0 unspecified atom stereocenters. The van der Waals surface area contributed by atoms with Gasteiger partial charge < -0.3 is 10.1 Å². The lowest BCUT2D eigenvalue weighted by molar-refractivity contribution is -0.119. The molecule has 2 aromatic carbocycles. The van der Waals surface area contributed by atoms with Crippen LogP contribution in [-0.4, -0.2) is 27.5 Å². The number of carbonyl (C=O) groups excluding carboxylic acids is 1. The Bertz CT molecular complexity index is 879. The zero-order valence-electron chi connectivity index (χ0n) is 14.6. The molecule has 7 heteroatoms. The highest BCUT2D eigenvalue weighted by atomic mass is 32.2. The number of hydrogen-bond acceptors (Lipinski definition) is 4. The van der Waals surface area contributed by atoms with Gasteiger partial charge in [-0.3, -0.25) is 4.79 Å². The highest BCUT2D eigenvalue weighted by Crippen LogP contribution is 2.24. The van der Waals surface area contributed by atoms with E-state index < -0.39 is 10.0 Å². The van der Waals surface area contributed by atoms with Crippen molar-refractivity contribution in [3.63, 3.8) is 0 Å². The lowest BCUT2D eigenvalue weighted by Crippen LogP contribution is -2.23. The van der Waals surface area contributed by atoms with Crippen LogP contribution < -0.4 is 14.8 Å². The zero-order chi connectivity index (χ0) is 18.6. The first-order valence-corrected chi connectivity index (χ1v) is 10.0. The number of nitrogens with one attached hydrogen (secondary N) is 2. The molecule has 1 heterocycles. The molecule has 6 nitrogen and oxygen atoms in total. The molecular weight excluding hydrogens is 352 g/mol. The summed E-state index contributed by atoms with van der Waals surface area (Å²) in [6, 6.07) is 14.0. The number of ether oxygens (including phenoxy) is 1. The van der Waals surface area contributed by atoms with E-state index in [0.717, 1.165) is 11.1 Å². The summed E-state index contributed by atoms with van der Waals surface area (Å²) in [5.41, 5.74) is 1.74. The first kappa shape index (κ1) is 18.4. The van der Waals surface area contributed by atoms with E-state index >= 15 is 0 Å². The van der Waals surface area contributed by atoms with Crippen molar-refractivity contribution < 1.29 is 17.9 Å². The van der Waals surface area contributed by atoms with Crippen molar-refractivity contribution in [3.05, 3.63) is 59.7 Å². The van der Waals surface area contributed by atoms with Gasteiger partial charge in [-0.15, -0.1) is 0 Å². The monoisotopic (exact) mass is 374 g/mol. The summed E-state index contributed by atoms with van der Waals surface area (Å²) in [7, 11) is -3.63. The molecule has 0 aliphatic carbocycles. The van der Waals surface area contributed by atoms with Gasteiger partial charge >= 0.3 is 0 Å². The highest BCUT2D eigenvalue weighted by molar-refractivity contribution is 7.89. The molecule has 1 amide bonds. The minimum Gasteiger partial charge on any atom is -0.494 e. The molecule has 0 bridgehead atoms. The summed E-state index contributed by atoms with van der Waals surface area (Å²) in [5.74, 6) is 0.804. The zero-order valence-corrected chi connectivity index (χ0v) is 15.4. The van der Waals surface area contributed by atoms with Crippen molar-refractivity contribution in [2.24, 2.45) is 0 Å². The Morgan fingerprint density at radius 3 is 2.54 bits per heavy atom. The predicted molar refractivity (Wildman–Crippen MR) is 98.4 cm³/mol. The van der Waals surface area contributed by atoms with E-state index in [1.807, 2.05) is 31.2 Å². The van der Waals surface area contributed by atoms with Crippen LogP contribution in [0.3, 0.4) is 0 Å². The molecule has 26 heavy (non-hydrogen) atoms. The normalized spacial score (nSPS) is 17.1. The second-order valence-electron chi connectivity index (χ2n) is 6.14. The lowest BCUT2D eigenvalue weighted by atomic mass is 9.99. The first-order valence-electron chi connectivity index (χ1n) is 8.56. The van der Waals surface area contributed by atoms with Gasteiger partial charge in [0, 0.05) is 31.0 Å². The van der Waals surface area contributed by atoms with Gasteiger partial charge in [0.2, 0.25) is 15.9 Å². The fourth-order valence-corrected chi connectivity index (χ4v) is 3.97. The maximum atomic E-state index is 12.5. The first-order chi connectivity index (χ1) is 12.5. The van der Waals surface area contributed by atoms with E-state index in [2.05, 4.69) is 10.0 Å². The molecule has 138 valence electrons. The molecule has 0 saturated carbocycles. The maximum absolute atomic E-state index is 12.5. The molecule has 3 rings (SSSR count). The van der Waals surface area contributed by atoms with Crippen molar-refractivity contribution in [1.82, 2.24) is 10.0 Å². The van der Waals surface area contributed by atoms with Gasteiger partial charge in [-0.05, 0) is 30.7 Å². The van der Waals surface area contributed by atoms with Crippen LogP contribution in [-0.2, 0) is 21.4 Å². The van der Waals surface area contributed by atoms with E-state index in [1.165, 1.54) is 0 Å². The second kappa shape index (κ2) is 7.88. The van der Waals surface area contributed by atoms with Crippen LogP contribution in [0.5, 0.6) is 5.75 Å². The summed E-state index contributed by atoms with van der Waals surface area (Å²) in [4.78, 5) is 11.5. The highest BCUT2D eigenvalue weighted by Gasteiger charge is 2.23. The third kappa shape index (κ3) is 4.23.